The highest BCUT2D eigenvalue weighted by atomic mass is 35.5. The van der Waals surface area contributed by atoms with Crippen molar-refractivity contribution in [1.82, 2.24) is 27.8 Å². The molecule has 10 aromatic rings. The number of nitrogens with two attached hydrogens (primary N) is 4. The van der Waals surface area contributed by atoms with E-state index in [-0.39, 0.29) is 36.7 Å². The number of aliphatic hydroxyl groups is 1. The van der Waals surface area contributed by atoms with Gasteiger partial charge in [0.2, 0.25) is 17.2 Å². The number of Topliss-reactive ketones (excluding diaryl/α,β-unsaturated/α-hetero) is 1. The largest absolute Gasteiger partial charge is 0.397 e. The predicted molar refractivity (Wildman–Crippen MR) is 328 cm³/mol. The number of fused-ring (bicyclic) bond motifs is 3. The Morgan fingerprint density at radius 1 is 0.537 bits per heavy atom. The molecule has 0 aliphatic heterocycles. The summed E-state index contributed by atoms with van der Waals surface area (Å²) in [5.41, 5.74) is 31.7. The molecule has 0 bridgehead atoms. The van der Waals surface area contributed by atoms with Crippen LogP contribution in [-0.4, -0.2) is 45.3 Å². The fourth-order valence-corrected chi connectivity index (χ4v) is 8.61. The summed E-state index contributed by atoms with van der Waals surface area (Å²) in [4.78, 5) is 16.8. The lowest BCUT2D eigenvalue weighted by atomic mass is 10.1. The molecule has 0 radical (unpaired) electrons. The number of anilines is 5. The molecule has 404 valence electrons. The summed E-state index contributed by atoms with van der Waals surface area (Å²) in [7, 11) is 0. The number of nitrogens with one attached hydrogen (secondary N) is 3. The Labute approximate surface area is 482 Å². The van der Waals surface area contributed by atoms with Crippen molar-refractivity contribution in [3.63, 3.8) is 0 Å². The van der Waals surface area contributed by atoms with E-state index >= 15 is 0 Å². The minimum absolute atomic E-state index is 0.0227. The number of rotatable bonds is 11. The van der Waals surface area contributed by atoms with E-state index in [0.29, 0.717) is 68.2 Å². The summed E-state index contributed by atoms with van der Waals surface area (Å²) >= 11 is 23.8. The van der Waals surface area contributed by atoms with Crippen molar-refractivity contribution in [2.45, 2.75) is 38.8 Å². The molecule has 0 aliphatic rings. The van der Waals surface area contributed by atoms with Crippen molar-refractivity contribution in [3.8, 4) is 49.4 Å². The van der Waals surface area contributed by atoms with Gasteiger partial charge in [-0.25, -0.2) is 4.98 Å². The Hall–Kier alpha value is -9.42. The first kappa shape index (κ1) is 59.8. The van der Waals surface area contributed by atoms with Crippen molar-refractivity contribution in [2.24, 2.45) is 0 Å². The fourth-order valence-electron chi connectivity index (χ4n) is 8.01. The van der Waals surface area contributed by atoms with E-state index in [4.69, 9.17) is 106 Å². The monoisotopic (exact) mass is 1140 g/mol. The molecular formula is C61H55Cl4N13O2. The quantitative estimate of drug-likeness (QED) is 0.0351. The number of halogens is 4. The molecule has 0 aliphatic carbocycles. The highest BCUT2D eigenvalue weighted by Crippen LogP contribution is 2.28. The van der Waals surface area contributed by atoms with E-state index in [2.05, 4.69) is 34.0 Å². The molecule has 19 heteroatoms. The van der Waals surface area contributed by atoms with Crippen LogP contribution in [0.15, 0.2) is 158 Å². The van der Waals surface area contributed by atoms with Gasteiger partial charge in [-0.05, 0) is 96.6 Å². The van der Waals surface area contributed by atoms with Gasteiger partial charge in [0.1, 0.15) is 0 Å². The lowest BCUT2D eigenvalue weighted by molar-refractivity contribution is 0.0971. The van der Waals surface area contributed by atoms with Gasteiger partial charge < -0.3 is 42.5 Å². The third kappa shape index (κ3) is 15.0. The van der Waals surface area contributed by atoms with Crippen molar-refractivity contribution in [3.05, 3.63) is 200 Å². The van der Waals surface area contributed by atoms with E-state index in [1.54, 1.807) is 60.7 Å². The van der Waals surface area contributed by atoms with E-state index < -0.39 is 6.10 Å². The molecule has 0 spiro atoms. The van der Waals surface area contributed by atoms with Crippen LogP contribution in [0.4, 0.5) is 28.7 Å². The number of aromatic nitrogens is 6. The number of aliphatic hydroxyl groups excluding tert-OH is 1. The van der Waals surface area contributed by atoms with E-state index in [0.717, 1.165) is 44.5 Å². The van der Waals surface area contributed by atoms with Gasteiger partial charge >= 0.3 is 0 Å². The van der Waals surface area contributed by atoms with Crippen LogP contribution >= 0.6 is 46.4 Å². The second kappa shape index (κ2) is 28.8. The molecule has 1 unspecified atom stereocenters. The fraction of sp³-hybridized carbons (Fsp3) is 0.115. The maximum Gasteiger partial charge on any atom is 0.204 e. The standard InChI is InChI=1S/C18H15Cl2N3O.C18H13Cl2N3O.C10H9N3.C9H10N2.C6H8N2/c2*1-2-9-22-15-5-3-4-6-16(15)23(18(22)21)11-17(24)12-7-8-13(19)14(20)10-12;1-2-7-13-9-6-4-3-5-8(9)12-10(13)11;1-2-7-11-9-6-4-3-5-8(9)10;7-5-3-1-2-4-6(5)8/h1,3-8,10,17,21,24H,9,11H2;1,3-8,10,21H,9,11H2;1,3-6H,7H2,(H2,11,12);1,3-6,11H,7,10H2;1-4H,7-8H2. The Morgan fingerprint density at radius 2 is 0.988 bits per heavy atom. The van der Waals surface area contributed by atoms with Crippen molar-refractivity contribution >= 4 is 114 Å². The third-order valence-electron chi connectivity index (χ3n) is 11.9. The number of ketones is 1. The number of hydrogen-bond acceptors (Lipinski definition) is 10. The first-order valence-electron chi connectivity index (χ1n) is 24.2. The number of imidazole rings is 3. The average Bonchev–Trinajstić information content (AvgIpc) is 4.09. The minimum atomic E-state index is -0.820. The van der Waals surface area contributed by atoms with Crippen LogP contribution < -0.4 is 39.5 Å². The molecule has 3 aromatic heterocycles. The first-order chi connectivity index (χ1) is 38.5. The normalized spacial score (nSPS) is 10.6. The molecule has 3 heterocycles. The Kier molecular flexibility index (Phi) is 21.5. The smallest absolute Gasteiger partial charge is 0.204 e. The molecule has 80 heavy (non-hydrogen) atoms. The topological polar surface area (TPSA) is 239 Å². The predicted octanol–water partition coefficient (Wildman–Crippen LogP) is 10.8. The molecular weight excluding hydrogens is 1090 g/mol. The lowest BCUT2D eigenvalue weighted by Gasteiger charge is -2.13. The zero-order chi connectivity index (χ0) is 57.9. The number of carbonyl (C=O) groups is 1. The van der Waals surface area contributed by atoms with Crippen molar-refractivity contribution in [1.29, 1.82) is 10.8 Å². The third-order valence-corrected chi connectivity index (χ3v) is 13.4. The molecule has 1 atom stereocenters. The summed E-state index contributed by atoms with van der Waals surface area (Å²) in [5.74, 6) is 10.4. The summed E-state index contributed by atoms with van der Waals surface area (Å²) in [6.45, 7) is 1.78. The van der Waals surface area contributed by atoms with Crippen molar-refractivity contribution < 1.29 is 9.90 Å². The Bertz CT molecular complexity index is 4090. The molecule has 15 nitrogen and oxygen atoms in total. The molecule has 12 N–H and O–H groups in total. The van der Waals surface area contributed by atoms with Crippen LogP contribution in [0.2, 0.25) is 20.1 Å². The Morgan fingerprint density at radius 3 is 1.50 bits per heavy atom. The average molecular weight is 1140 g/mol. The minimum Gasteiger partial charge on any atom is -0.397 e. The van der Waals surface area contributed by atoms with E-state index in [1.807, 2.05) is 114 Å². The van der Waals surface area contributed by atoms with Gasteiger partial charge in [0, 0.05) is 5.56 Å². The number of hydrogen-bond donors (Lipinski definition) is 8. The molecule has 0 amide bonds. The number of nitrogens with zero attached hydrogens (tertiary/aromatic N) is 6. The zero-order valence-electron chi connectivity index (χ0n) is 43.0. The van der Waals surface area contributed by atoms with Crippen LogP contribution in [0, 0.1) is 60.2 Å². The SMILES string of the molecule is C#CCNc1ccccc1N.C#CCn1c(=N)n(CC(=O)c2ccc(Cl)c(Cl)c2)c2ccccc21.C#CCn1c(=N)n(CC(O)c2ccc(Cl)c(Cl)c2)c2ccccc21.C#CCn1c(N)nc2ccccc21.Nc1ccccc1N. The number of para-hydroxylation sites is 10. The second-order valence-electron chi connectivity index (χ2n) is 17.2. The van der Waals surface area contributed by atoms with Crippen LogP contribution in [-0.2, 0) is 32.7 Å². The molecule has 10 rings (SSSR count). The van der Waals surface area contributed by atoms with Gasteiger partial charge in [-0.15, -0.1) is 25.7 Å². The Balaban J connectivity index is 0.000000171. The number of nitrogen functional groups attached to an aromatic ring is 4. The summed E-state index contributed by atoms with van der Waals surface area (Å²) < 4.78 is 8.61. The highest BCUT2D eigenvalue weighted by Gasteiger charge is 2.17. The molecule has 0 fully saturated rings. The van der Waals surface area contributed by atoms with Gasteiger partial charge in [-0.1, -0.05) is 137 Å². The molecule has 7 aromatic carbocycles. The summed E-state index contributed by atoms with van der Waals surface area (Å²) in [6.07, 6.45) is 20.3. The summed E-state index contributed by atoms with van der Waals surface area (Å²) in [6, 6.07) is 47.4. The summed E-state index contributed by atoms with van der Waals surface area (Å²) in [5, 5.41) is 31.8. The van der Waals surface area contributed by atoms with E-state index in [9.17, 15) is 9.90 Å². The van der Waals surface area contributed by atoms with Gasteiger partial charge in [-0.2, -0.15) is 0 Å². The highest BCUT2D eigenvalue weighted by molar-refractivity contribution is 6.42. The van der Waals surface area contributed by atoms with Crippen molar-refractivity contribution in [2.75, 3.05) is 34.8 Å². The number of terminal acetylenes is 4. The maximum atomic E-state index is 12.6. The van der Waals surface area contributed by atoms with Crippen LogP contribution in [0.25, 0.3) is 33.1 Å². The van der Waals surface area contributed by atoms with Gasteiger partial charge in [0.15, 0.2) is 5.78 Å². The lowest BCUT2D eigenvalue weighted by Crippen LogP contribution is -2.27. The van der Waals surface area contributed by atoms with Gasteiger partial charge in [-0.3, -0.25) is 29.3 Å². The second-order valence-corrected chi connectivity index (χ2v) is 18.8. The van der Waals surface area contributed by atoms with Gasteiger partial charge in [0.05, 0.1) is 121 Å². The number of carbonyl (C=O) groups excluding carboxylic acids is 1. The van der Waals surface area contributed by atoms with Crippen LogP contribution in [0.1, 0.15) is 22.0 Å². The maximum absolute atomic E-state index is 12.6. The first-order valence-corrected chi connectivity index (χ1v) is 25.7. The van der Waals surface area contributed by atoms with Gasteiger partial charge in [0.25, 0.3) is 0 Å². The van der Waals surface area contributed by atoms with E-state index in [1.165, 1.54) is 6.07 Å². The molecule has 0 saturated carbocycles. The zero-order valence-corrected chi connectivity index (χ0v) is 46.0. The number of benzene rings is 7. The molecule has 0 saturated heterocycles. The van der Waals surface area contributed by atoms with Crippen LogP contribution in [0.3, 0.4) is 0 Å². The van der Waals surface area contributed by atoms with Crippen LogP contribution in [0.5, 0.6) is 0 Å².